The Balaban J connectivity index is 2.10. The van der Waals surface area contributed by atoms with Crippen LogP contribution in [0.1, 0.15) is 17.5 Å². The van der Waals surface area contributed by atoms with Crippen molar-refractivity contribution in [3.63, 3.8) is 0 Å². The van der Waals surface area contributed by atoms with Gasteiger partial charge in [0.15, 0.2) is 0 Å². The molecule has 0 saturated heterocycles. The van der Waals surface area contributed by atoms with E-state index in [-0.39, 0.29) is 0 Å². The molecule has 0 aliphatic rings. The Morgan fingerprint density at radius 2 is 2.05 bits per heavy atom. The molecule has 0 spiro atoms. The number of rotatable bonds is 6. The SMILES string of the molecule is CCNCc1nc(N(C)Cc2ccc(Cl)s2)ccc1Cl. The number of hydrogen-bond donors (Lipinski definition) is 1. The van der Waals surface area contributed by atoms with Crippen LogP contribution in [0.5, 0.6) is 0 Å². The summed E-state index contributed by atoms with van der Waals surface area (Å²) >= 11 is 13.7. The number of pyridine rings is 1. The second kappa shape index (κ2) is 7.27. The fraction of sp³-hybridized carbons (Fsp3) is 0.357. The lowest BCUT2D eigenvalue weighted by Gasteiger charge is -2.18. The number of halogens is 2. The number of anilines is 1. The van der Waals surface area contributed by atoms with Crippen molar-refractivity contribution in [2.75, 3.05) is 18.5 Å². The van der Waals surface area contributed by atoms with Gasteiger partial charge in [-0.15, -0.1) is 11.3 Å². The minimum Gasteiger partial charge on any atom is -0.355 e. The van der Waals surface area contributed by atoms with Crippen LogP contribution in [0.25, 0.3) is 0 Å². The van der Waals surface area contributed by atoms with Crippen molar-refractivity contribution in [2.45, 2.75) is 20.0 Å². The van der Waals surface area contributed by atoms with E-state index in [1.807, 2.05) is 31.3 Å². The number of nitrogens with zero attached hydrogens (tertiary/aromatic N) is 2. The zero-order valence-electron chi connectivity index (χ0n) is 11.5. The van der Waals surface area contributed by atoms with Crippen LogP contribution in [0.2, 0.25) is 9.36 Å². The van der Waals surface area contributed by atoms with E-state index in [9.17, 15) is 0 Å². The van der Waals surface area contributed by atoms with E-state index in [0.29, 0.717) is 11.6 Å². The molecule has 1 N–H and O–H groups in total. The average Bonchev–Trinajstić information content (AvgIpc) is 2.83. The second-order valence-corrected chi connectivity index (χ2v) is 6.65. The van der Waals surface area contributed by atoms with Gasteiger partial charge in [0.2, 0.25) is 0 Å². The highest BCUT2D eigenvalue weighted by molar-refractivity contribution is 7.16. The molecule has 20 heavy (non-hydrogen) atoms. The Morgan fingerprint density at radius 1 is 1.25 bits per heavy atom. The third-order valence-corrected chi connectivity index (χ3v) is 4.42. The molecule has 3 nitrogen and oxygen atoms in total. The maximum atomic E-state index is 6.16. The molecule has 2 aromatic heterocycles. The topological polar surface area (TPSA) is 28.2 Å². The third kappa shape index (κ3) is 4.09. The molecule has 6 heteroatoms. The molecule has 0 radical (unpaired) electrons. The number of nitrogens with one attached hydrogen (secondary N) is 1. The van der Waals surface area contributed by atoms with Crippen molar-refractivity contribution in [3.05, 3.63) is 44.2 Å². The van der Waals surface area contributed by atoms with Gasteiger partial charge in [0, 0.05) is 18.5 Å². The third-order valence-electron chi connectivity index (χ3n) is 2.86. The minimum absolute atomic E-state index is 0.682. The molecule has 2 heterocycles. The molecule has 0 aliphatic carbocycles. The van der Waals surface area contributed by atoms with E-state index in [0.717, 1.165) is 28.9 Å². The quantitative estimate of drug-likeness (QED) is 0.860. The lowest BCUT2D eigenvalue weighted by Crippen LogP contribution is -2.19. The first-order chi connectivity index (χ1) is 9.60. The van der Waals surface area contributed by atoms with Gasteiger partial charge in [0.25, 0.3) is 0 Å². The van der Waals surface area contributed by atoms with Crippen LogP contribution >= 0.6 is 34.5 Å². The van der Waals surface area contributed by atoms with Crippen LogP contribution in [0.3, 0.4) is 0 Å². The first-order valence-electron chi connectivity index (χ1n) is 6.41. The molecule has 0 aliphatic heterocycles. The van der Waals surface area contributed by atoms with Gasteiger partial charge in [-0.2, -0.15) is 0 Å². The zero-order chi connectivity index (χ0) is 14.5. The van der Waals surface area contributed by atoms with Crippen molar-refractivity contribution >= 4 is 40.4 Å². The Kier molecular flexibility index (Phi) is 5.66. The molecule has 0 aromatic carbocycles. The van der Waals surface area contributed by atoms with Gasteiger partial charge in [-0.05, 0) is 30.8 Å². The second-order valence-electron chi connectivity index (χ2n) is 4.44. The molecule has 0 amide bonds. The highest BCUT2D eigenvalue weighted by Gasteiger charge is 2.09. The van der Waals surface area contributed by atoms with Crippen molar-refractivity contribution in [1.82, 2.24) is 10.3 Å². The van der Waals surface area contributed by atoms with Crippen molar-refractivity contribution < 1.29 is 0 Å². The Bertz CT molecular complexity index is 571. The molecule has 0 bridgehead atoms. The summed E-state index contributed by atoms with van der Waals surface area (Å²) < 4.78 is 0.810. The van der Waals surface area contributed by atoms with Gasteiger partial charge >= 0.3 is 0 Å². The van der Waals surface area contributed by atoms with Gasteiger partial charge in [-0.3, -0.25) is 0 Å². The summed E-state index contributed by atoms with van der Waals surface area (Å²) in [5.74, 6) is 0.909. The average molecular weight is 330 g/mol. The maximum Gasteiger partial charge on any atom is 0.129 e. The van der Waals surface area contributed by atoms with Gasteiger partial charge in [-0.25, -0.2) is 4.98 Å². The Labute approximate surface area is 133 Å². The van der Waals surface area contributed by atoms with E-state index in [1.54, 1.807) is 11.3 Å². The first-order valence-corrected chi connectivity index (χ1v) is 7.99. The molecule has 0 unspecified atom stereocenters. The van der Waals surface area contributed by atoms with Crippen LogP contribution < -0.4 is 10.2 Å². The number of aromatic nitrogens is 1. The molecule has 0 fully saturated rings. The monoisotopic (exact) mass is 329 g/mol. The fourth-order valence-electron chi connectivity index (χ4n) is 1.80. The first kappa shape index (κ1) is 15.6. The standard InChI is InChI=1S/C14H17Cl2N3S/c1-3-17-8-12-11(15)5-7-14(18-12)19(2)9-10-4-6-13(16)20-10/h4-7,17H,3,8-9H2,1-2H3. The largest absolute Gasteiger partial charge is 0.355 e. The normalized spacial score (nSPS) is 10.8. The summed E-state index contributed by atoms with van der Waals surface area (Å²) in [6.45, 7) is 4.42. The summed E-state index contributed by atoms with van der Waals surface area (Å²) in [5, 5.41) is 3.94. The van der Waals surface area contributed by atoms with Crippen molar-refractivity contribution in [2.24, 2.45) is 0 Å². The van der Waals surface area contributed by atoms with Gasteiger partial charge in [0.05, 0.1) is 21.6 Å². The van der Waals surface area contributed by atoms with E-state index in [4.69, 9.17) is 23.2 Å². The number of hydrogen-bond acceptors (Lipinski definition) is 4. The molecule has 2 rings (SSSR count). The van der Waals surface area contributed by atoms with Crippen LogP contribution in [-0.2, 0) is 13.1 Å². The van der Waals surface area contributed by atoms with Crippen molar-refractivity contribution in [3.8, 4) is 0 Å². The highest BCUT2D eigenvalue weighted by Crippen LogP contribution is 2.25. The fourth-order valence-corrected chi connectivity index (χ4v) is 3.12. The van der Waals surface area contributed by atoms with E-state index in [1.165, 1.54) is 4.88 Å². The summed E-state index contributed by atoms with van der Waals surface area (Å²) in [4.78, 5) is 7.92. The predicted octanol–water partition coefficient (Wildman–Crippen LogP) is 4.20. The van der Waals surface area contributed by atoms with E-state index >= 15 is 0 Å². The predicted molar refractivity (Wildman–Crippen MR) is 88.1 cm³/mol. The Morgan fingerprint density at radius 3 is 2.70 bits per heavy atom. The molecular weight excluding hydrogens is 313 g/mol. The summed E-state index contributed by atoms with van der Waals surface area (Å²) in [5.41, 5.74) is 0.877. The lowest BCUT2D eigenvalue weighted by atomic mass is 10.3. The Hall–Kier alpha value is -0.810. The van der Waals surface area contributed by atoms with Crippen LogP contribution in [0.15, 0.2) is 24.3 Å². The minimum atomic E-state index is 0.682. The molecule has 0 atom stereocenters. The van der Waals surface area contributed by atoms with Gasteiger partial charge < -0.3 is 10.2 Å². The lowest BCUT2D eigenvalue weighted by molar-refractivity contribution is 0.709. The van der Waals surface area contributed by atoms with E-state index in [2.05, 4.69) is 22.1 Å². The van der Waals surface area contributed by atoms with Crippen molar-refractivity contribution in [1.29, 1.82) is 0 Å². The maximum absolute atomic E-state index is 6.16. The summed E-state index contributed by atoms with van der Waals surface area (Å²) in [6.07, 6.45) is 0. The van der Waals surface area contributed by atoms with Crippen LogP contribution in [-0.4, -0.2) is 18.6 Å². The molecule has 0 saturated carbocycles. The zero-order valence-corrected chi connectivity index (χ0v) is 13.8. The van der Waals surface area contributed by atoms with Crippen LogP contribution in [0, 0.1) is 0 Å². The molecule has 108 valence electrons. The van der Waals surface area contributed by atoms with Crippen LogP contribution in [0.4, 0.5) is 5.82 Å². The number of thiophene rings is 1. The van der Waals surface area contributed by atoms with E-state index < -0.39 is 0 Å². The molecule has 2 aromatic rings. The highest BCUT2D eigenvalue weighted by atomic mass is 35.5. The van der Waals surface area contributed by atoms with Gasteiger partial charge in [0.1, 0.15) is 5.82 Å². The molecular formula is C14H17Cl2N3S. The summed E-state index contributed by atoms with van der Waals surface area (Å²) in [6, 6.07) is 7.79. The summed E-state index contributed by atoms with van der Waals surface area (Å²) in [7, 11) is 2.01. The smallest absolute Gasteiger partial charge is 0.129 e. The van der Waals surface area contributed by atoms with Gasteiger partial charge in [-0.1, -0.05) is 30.1 Å².